The number of aryl methyl sites for hydroxylation is 2. The van der Waals surface area contributed by atoms with Gasteiger partial charge in [-0.1, -0.05) is 43.5 Å². The first-order chi connectivity index (χ1) is 14.6. The van der Waals surface area contributed by atoms with E-state index in [1.807, 2.05) is 6.33 Å². The lowest BCUT2D eigenvalue weighted by Crippen LogP contribution is -2.37. The maximum atomic E-state index is 4.91. The molecule has 150 valence electrons. The summed E-state index contributed by atoms with van der Waals surface area (Å²) in [6.45, 7) is 4.76. The quantitative estimate of drug-likeness (QED) is 0.294. The van der Waals surface area contributed by atoms with Crippen molar-refractivity contribution in [3.8, 4) is 11.3 Å². The van der Waals surface area contributed by atoms with Crippen molar-refractivity contribution in [2.24, 2.45) is 7.05 Å². The molecule has 1 aliphatic heterocycles. The Balaban J connectivity index is 1.69. The molecule has 2 nitrogen and oxygen atoms in total. The first kappa shape index (κ1) is 18.5. The van der Waals surface area contributed by atoms with Gasteiger partial charge in [0.25, 0.3) is 6.33 Å². The molecule has 4 aromatic rings. The van der Waals surface area contributed by atoms with Gasteiger partial charge < -0.3 is 0 Å². The van der Waals surface area contributed by atoms with Gasteiger partial charge in [0.2, 0.25) is 0 Å². The Morgan fingerprint density at radius 1 is 1.00 bits per heavy atom. The molecule has 0 amide bonds. The Morgan fingerprint density at radius 2 is 1.80 bits per heavy atom. The molecular weight excluding hydrogens is 383 g/mol. The van der Waals surface area contributed by atoms with E-state index in [1.165, 1.54) is 86.8 Å². The average molecular weight is 412 g/mol. The highest BCUT2D eigenvalue weighted by Gasteiger charge is 2.33. The molecule has 3 heteroatoms. The van der Waals surface area contributed by atoms with E-state index >= 15 is 0 Å². The van der Waals surface area contributed by atoms with Gasteiger partial charge in [-0.05, 0) is 96.0 Å². The van der Waals surface area contributed by atoms with E-state index in [-0.39, 0.29) is 0 Å². The minimum absolute atomic E-state index is 0.405. The first-order valence-corrected chi connectivity index (χ1v) is 13.0. The second kappa shape index (κ2) is 6.86. The minimum atomic E-state index is -0.405. The van der Waals surface area contributed by atoms with Crippen molar-refractivity contribution in [3.05, 3.63) is 59.9 Å². The van der Waals surface area contributed by atoms with Crippen LogP contribution in [0.5, 0.6) is 0 Å². The van der Waals surface area contributed by atoms with E-state index in [1.54, 1.807) is 0 Å². The van der Waals surface area contributed by atoms with Gasteiger partial charge in [0.05, 0.1) is 12.4 Å². The second-order valence-electron chi connectivity index (χ2n) is 9.15. The third kappa shape index (κ3) is 2.59. The van der Waals surface area contributed by atoms with Crippen molar-refractivity contribution < 1.29 is 4.57 Å². The lowest BCUT2D eigenvalue weighted by Gasteiger charge is -2.29. The Bertz CT molecular complexity index is 1320. The molecule has 1 aliphatic carbocycles. The van der Waals surface area contributed by atoms with Crippen molar-refractivity contribution in [2.75, 3.05) is 6.66 Å². The van der Waals surface area contributed by atoms with Crippen LogP contribution in [0.1, 0.15) is 49.1 Å². The summed E-state index contributed by atoms with van der Waals surface area (Å²) < 4.78 is 2.25. The van der Waals surface area contributed by atoms with Gasteiger partial charge in [-0.25, -0.2) is 4.57 Å². The monoisotopic (exact) mass is 411 g/mol. The Hall–Kier alpha value is -2.31. The Labute approximate surface area is 179 Å². The van der Waals surface area contributed by atoms with Crippen LogP contribution >= 0.6 is 7.92 Å². The van der Waals surface area contributed by atoms with Crippen molar-refractivity contribution in [2.45, 2.75) is 44.9 Å². The Morgan fingerprint density at radius 3 is 2.63 bits per heavy atom. The molecule has 3 aromatic carbocycles. The lowest BCUT2D eigenvalue weighted by molar-refractivity contribution is -0.662. The fourth-order valence-electron chi connectivity index (χ4n) is 5.80. The normalized spacial score (nSPS) is 18.7. The summed E-state index contributed by atoms with van der Waals surface area (Å²) in [6.07, 6.45) is 8.83. The van der Waals surface area contributed by atoms with E-state index in [0.717, 1.165) is 0 Å². The summed E-state index contributed by atoms with van der Waals surface area (Å²) >= 11 is 0. The summed E-state index contributed by atoms with van der Waals surface area (Å²) in [5.41, 5.74) is 6.91. The van der Waals surface area contributed by atoms with Crippen LogP contribution in [0.2, 0.25) is 0 Å². The van der Waals surface area contributed by atoms with E-state index in [4.69, 9.17) is 4.98 Å². The topological polar surface area (TPSA) is 16.8 Å². The molecule has 0 spiro atoms. The first-order valence-electron chi connectivity index (χ1n) is 11.2. The predicted octanol–water partition coefficient (Wildman–Crippen LogP) is 5.61. The highest BCUT2D eigenvalue weighted by molar-refractivity contribution is 7.73. The van der Waals surface area contributed by atoms with Gasteiger partial charge in [0, 0.05) is 5.56 Å². The highest BCUT2D eigenvalue weighted by Crippen LogP contribution is 2.46. The van der Waals surface area contributed by atoms with Gasteiger partial charge in [-0.2, -0.15) is 0 Å². The second-order valence-corrected chi connectivity index (χ2v) is 11.2. The number of hydrogen-bond acceptors (Lipinski definition) is 1. The predicted molar refractivity (Wildman–Crippen MR) is 129 cm³/mol. The van der Waals surface area contributed by atoms with Crippen LogP contribution in [0, 0.1) is 6.92 Å². The fourth-order valence-corrected chi connectivity index (χ4v) is 7.90. The van der Waals surface area contributed by atoms with Crippen molar-refractivity contribution in [3.63, 3.8) is 0 Å². The van der Waals surface area contributed by atoms with Crippen LogP contribution < -0.4 is 15.2 Å². The number of aromatic nitrogens is 2. The van der Waals surface area contributed by atoms with Crippen LogP contribution in [-0.4, -0.2) is 11.6 Å². The van der Waals surface area contributed by atoms with Gasteiger partial charge in [0.15, 0.2) is 5.52 Å². The SMILES string of the molecule is Cc1c2c(cc3ccccc13)P(C)c1cc(C3CCCCC3)cc3nc[n+](C)c-2c13. The van der Waals surface area contributed by atoms with Crippen molar-refractivity contribution in [1.82, 2.24) is 4.98 Å². The lowest BCUT2D eigenvalue weighted by atomic mass is 9.83. The van der Waals surface area contributed by atoms with Crippen molar-refractivity contribution >= 4 is 40.2 Å². The number of nitrogens with zero attached hydrogens (tertiary/aromatic N) is 2. The zero-order valence-electron chi connectivity index (χ0n) is 18.1. The van der Waals surface area contributed by atoms with Gasteiger partial charge in [0.1, 0.15) is 5.69 Å². The van der Waals surface area contributed by atoms with Crippen LogP contribution in [-0.2, 0) is 7.05 Å². The van der Waals surface area contributed by atoms with Gasteiger partial charge in [-0.15, -0.1) is 0 Å². The third-order valence-electron chi connectivity index (χ3n) is 7.40. The molecule has 2 aliphatic rings. The van der Waals surface area contributed by atoms with Crippen LogP contribution in [0.15, 0.2) is 48.8 Å². The average Bonchev–Trinajstić information content (AvgIpc) is 2.79. The van der Waals surface area contributed by atoms with Gasteiger partial charge >= 0.3 is 0 Å². The van der Waals surface area contributed by atoms with Crippen LogP contribution in [0.3, 0.4) is 0 Å². The summed E-state index contributed by atoms with van der Waals surface area (Å²) in [5, 5.41) is 7.18. The number of rotatable bonds is 1. The standard InChI is InChI=1S/C27H28N2P/c1-17-21-12-8-7-11-19(21)14-23-25(17)27-26-22(28-16-29(27)2)13-20(15-24(26)30(23)3)18-9-5-4-6-10-18/h7-8,11-16,18H,4-6,9-10H2,1-3H3/q+1. The molecule has 1 saturated carbocycles. The zero-order valence-corrected chi connectivity index (χ0v) is 19.0. The molecule has 2 heterocycles. The van der Waals surface area contributed by atoms with E-state index in [2.05, 4.69) is 67.7 Å². The summed E-state index contributed by atoms with van der Waals surface area (Å²) in [7, 11) is 1.75. The molecular formula is C27H28N2P+. The molecule has 0 N–H and O–H groups in total. The molecule has 1 fully saturated rings. The molecule has 0 saturated heterocycles. The maximum Gasteiger partial charge on any atom is 0.287 e. The van der Waals surface area contributed by atoms with Crippen LogP contribution in [0.25, 0.3) is 32.9 Å². The van der Waals surface area contributed by atoms with E-state index < -0.39 is 7.92 Å². The molecule has 0 radical (unpaired) electrons. The molecule has 6 rings (SSSR count). The summed E-state index contributed by atoms with van der Waals surface area (Å²) in [4.78, 5) is 4.91. The largest absolute Gasteiger partial charge is 0.287 e. The molecule has 30 heavy (non-hydrogen) atoms. The third-order valence-corrected chi connectivity index (χ3v) is 9.55. The Kier molecular flexibility index (Phi) is 4.22. The van der Waals surface area contributed by atoms with E-state index in [0.29, 0.717) is 5.92 Å². The van der Waals surface area contributed by atoms with E-state index in [9.17, 15) is 0 Å². The number of benzene rings is 3. The zero-order chi connectivity index (χ0) is 20.4. The molecule has 1 aromatic heterocycles. The number of hydrogen-bond donors (Lipinski definition) is 0. The molecule has 0 bridgehead atoms. The summed E-state index contributed by atoms with van der Waals surface area (Å²) in [5.74, 6) is 0.710. The van der Waals surface area contributed by atoms with Crippen molar-refractivity contribution in [1.29, 1.82) is 0 Å². The van der Waals surface area contributed by atoms with Crippen LogP contribution in [0.4, 0.5) is 0 Å². The highest BCUT2D eigenvalue weighted by atomic mass is 31.1. The molecule has 1 unspecified atom stereocenters. The molecule has 1 atom stereocenters. The smallest absolute Gasteiger partial charge is 0.232 e. The fraction of sp³-hybridized carbons (Fsp3) is 0.333. The summed E-state index contributed by atoms with van der Waals surface area (Å²) in [6, 6.07) is 16.3. The minimum Gasteiger partial charge on any atom is -0.232 e. The van der Waals surface area contributed by atoms with Gasteiger partial charge in [-0.3, -0.25) is 0 Å². The maximum absolute atomic E-state index is 4.91. The number of fused-ring (bicyclic) bond motifs is 3.